The molecule has 3 rings (SSSR count). The minimum Gasteiger partial charge on any atom is -0.379 e. The highest BCUT2D eigenvalue weighted by Crippen LogP contribution is 2.17. The smallest absolute Gasteiger partial charge is 0.272 e. The molecule has 9 nitrogen and oxygen atoms in total. The van der Waals surface area contributed by atoms with Gasteiger partial charge in [-0.15, -0.1) is 0 Å². The maximum atomic E-state index is 12.5. The Kier molecular flexibility index (Phi) is 6.61. The van der Waals surface area contributed by atoms with E-state index in [1.807, 2.05) is 0 Å². The van der Waals surface area contributed by atoms with Crippen molar-refractivity contribution >= 4 is 35.0 Å². The first-order chi connectivity index (χ1) is 13.5. The molecule has 2 aromatic heterocycles. The summed E-state index contributed by atoms with van der Waals surface area (Å²) in [6.45, 7) is 4.58. The second-order valence-corrected chi connectivity index (χ2v) is 6.90. The van der Waals surface area contributed by atoms with Crippen LogP contribution in [0.3, 0.4) is 0 Å². The Morgan fingerprint density at radius 3 is 2.29 bits per heavy atom. The Hall–Kier alpha value is -2.49. The van der Waals surface area contributed by atoms with Crippen LogP contribution in [0.5, 0.6) is 0 Å². The van der Waals surface area contributed by atoms with Crippen LogP contribution < -0.4 is 15.5 Å². The second kappa shape index (κ2) is 9.13. The molecule has 0 radical (unpaired) electrons. The average Bonchev–Trinajstić information content (AvgIpc) is 3.24. The second-order valence-electron chi connectivity index (χ2n) is 6.71. The van der Waals surface area contributed by atoms with Gasteiger partial charge in [-0.05, 0) is 12.1 Å². The fourth-order valence-electron chi connectivity index (χ4n) is 3.14. The van der Waals surface area contributed by atoms with Gasteiger partial charge in [-0.1, -0.05) is 0 Å². The van der Waals surface area contributed by atoms with Gasteiger partial charge in [0.05, 0.1) is 24.6 Å². The molecule has 1 fully saturated rings. The lowest BCUT2D eigenvalue weighted by Crippen LogP contribution is -2.41. The highest BCUT2D eigenvalue weighted by molar-refractivity contribution is 6.24. The highest BCUT2D eigenvalue weighted by atomic mass is 35.5. The zero-order valence-electron chi connectivity index (χ0n) is 16.0. The van der Waals surface area contributed by atoms with Crippen LogP contribution in [-0.4, -0.2) is 65.2 Å². The summed E-state index contributed by atoms with van der Waals surface area (Å²) in [6.07, 6.45) is 3.42. The predicted molar refractivity (Wildman–Crippen MR) is 108 cm³/mol. The number of aryl methyl sites for hydroxylation is 2. The van der Waals surface area contributed by atoms with Crippen molar-refractivity contribution in [2.45, 2.75) is 0 Å². The molecule has 1 saturated heterocycles. The number of ether oxygens (including phenoxy) is 1. The van der Waals surface area contributed by atoms with Gasteiger partial charge in [0.25, 0.3) is 11.8 Å². The number of carbonyl (C=O) groups is 2. The normalized spacial score (nSPS) is 14.7. The minimum absolute atomic E-state index is 0.177. The lowest BCUT2D eigenvalue weighted by atomic mass is 10.3. The molecule has 1 aliphatic heterocycles. The molecule has 152 valence electrons. The van der Waals surface area contributed by atoms with Gasteiger partial charge in [0, 0.05) is 64.4 Å². The van der Waals surface area contributed by atoms with Crippen LogP contribution in [0.2, 0.25) is 0 Å². The molecular weight excluding hydrogens is 384 g/mol. The van der Waals surface area contributed by atoms with Crippen molar-refractivity contribution < 1.29 is 14.3 Å². The van der Waals surface area contributed by atoms with E-state index in [2.05, 4.69) is 20.4 Å². The van der Waals surface area contributed by atoms with Gasteiger partial charge in [0.2, 0.25) is 0 Å². The number of hydrogen-bond donors (Lipinski definition) is 3. The first-order valence-corrected chi connectivity index (χ1v) is 9.44. The van der Waals surface area contributed by atoms with Crippen molar-refractivity contribution in [2.75, 3.05) is 49.5 Å². The lowest BCUT2D eigenvalue weighted by molar-refractivity contribution is 0.0383. The van der Waals surface area contributed by atoms with Crippen molar-refractivity contribution in [3.05, 3.63) is 35.9 Å². The Labute approximate surface area is 168 Å². The van der Waals surface area contributed by atoms with Crippen molar-refractivity contribution in [2.24, 2.45) is 14.1 Å². The average molecular weight is 409 g/mol. The number of rotatable bonds is 7. The summed E-state index contributed by atoms with van der Waals surface area (Å²) in [7, 11) is 3.52. The van der Waals surface area contributed by atoms with Gasteiger partial charge in [0.1, 0.15) is 11.4 Å². The van der Waals surface area contributed by atoms with Gasteiger partial charge in [0.15, 0.2) is 0 Å². The van der Waals surface area contributed by atoms with E-state index in [9.17, 15) is 9.59 Å². The number of nitrogens with one attached hydrogen (secondary N) is 3. The highest BCUT2D eigenvalue weighted by Gasteiger charge is 2.16. The molecule has 1 aliphatic rings. The van der Waals surface area contributed by atoms with Crippen molar-refractivity contribution in [3.63, 3.8) is 0 Å². The Balaban J connectivity index is 1.56. The zero-order valence-corrected chi connectivity index (χ0v) is 16.8. The van der Waals surface area contributed by atoms with E-state index in [4.69, 9.17) is 16.5 Å². The molecule has 0 saturated carbocycles. The number of morpholine rings is 1. The number of nitrogens with zero attached hydrogens (tertiary/aromatic N) is 3. The topological polar surface area (TPSA) is 92.6 Å². The van der Waals surface area contributed by atoms with Crippen molar-refractivity contribution in [3.8, 4) is 0 Å². The number of halogens is 1. The summed E-state index contributed by atoms with van der Waals surface area (Å²) in [4.78, 5) is 29.7. The molecule has 0 aliphatic carbocycles. The molecule has 3 N–H and O–H groups in total. The van der Waals surface area contributed by atoms with E-state index in [1.54, 1.807) is 47.8 Å². The van der Waals surface area contributed by atoms with E-state index < -0.39 is 0 Å². The van der Waals surface area contributed by atoms with E-state index in [1.165, 1.54) is 0 Å². The van der Waals surface area contributed by atoms with E-state index in [0.29, 0.717) is 29.3 Å². The largest absolute Gasteiger partial charge is 0.379 e. The molecule has 0 aromatic carbocycles. The monoisotopic (exact) mass is 408 g/mol. The molecule has 0 spiro atoms. The standard InChI is InChI=1S/C18H25ClN6O3/c1-23-11-13(21-18(27)16-10-14(22-19)12-24(16)2)9-15(23)17(26)20-3-4-25-5-7-28-8-6-25/h9-12,22H,3-8H2,1-2H3,(H,20,26)(H,21,27). The fourth-order valence-corrected chi connectivity index (χ4v) is 3.24. The van der Waals surface area contributed by atoms with E-state index in [-0.39, 0.29) is 11.8 Å². The van der Waals surface area contributed by atoms with Crippen LogP contribution in [0, 0.1) is 0 Å². The third kappa shape index (κ3) is 4.86. The molecule has 2 amide bonds. The molecule has 3 heterocycles. The molecule has 0 unspecified atom stereocenters. The summed E-state index contributed by atoms with van der Waals surface area (Å²) in [6, 6.07) is 3.30. The summed E-state index contributed by atoms with van der Waals surface area (Å²) >= 11 is 5.58. The van der Waals surface area contributed by atoms with Crippen LogP contribution in [0.15, 0.2) is 24.5 Å². The third-order valence-corrected chi connectivity index (χ3v) is 4.88. The number of hydrogen-bond acceptors (Lipinski definition) is 5. The lowest BCUT2D eigenvalue weighted by Gasteiger charge is -2.26. The predicted octanol–water partition coefficient (Wildman–Crippen LogP) is 1.24. The van der Waals surface area contributed by atoms with Gasteiger partial charge >= 0.3 is 0 Å². The molecule has 10 heteroatoms. The molecule has 0 bridgehead atoms. The van der Waals surface area contributed by atoms with Gasteiger partial charge in [-0.2, -0.15) is 0 Å². The SMILES string of the molecule is Cn1cc(NC(=O)c2cc(NCl)cn2C)cc1C(=O)NCCN1CCOCC1. The Morgan fingerprint density at radius 1 is 1.04 bits per heavy atom. The number of anilines is 2. The van der Waals surface area contributed by atoms with Crippen LogP contribution in [0.25, 0.3) is 0 Å². The minimum atomic E-state index is -0.287. The van der Waals surface area contributed by atoms with Crippen LogP contribution in [-0.2, 0) is 18.8 Å². The van der Waals surface area contributed by atoms with Crippen LogP contribution in [0.4, 0.5) is 11.4 Å². The first-order valence-electron chi connectivity index (χ1n) is 9.07. The number of aromatic nitrogens is 2. The maximum absolute atomic E-state index is 12.5. The summed E-state index contributed by atoms with van der Waals surface area (Å²) < 4.78 is 8.68. The molecule has 28 heavy (non-hydrogen) atoms. The Morgan fingerprint density at radius 2 is 1.64 bits per heavy atom. The Bertz CT molecular complexity index is 840. The van der Waals surface area contributed by atoms with Gasteiger partial charge in [-0.3, -0.25) is 19.3 Å². The summed E-state index contributed by atoms with van der Waals surface area (Å²) in [5.41, 5.74) is 2.10. The zero-order chi connectivity index (χ0) is 20.1. The van der Waals surface area contributed by atoms with Crippen molar-refractivity contribution in [1.29, 1.82) is 0 Å². The van der Waals surface area contributed by atoms with Gasteiger partial charge in [-0.25, -0.2) is 0 Å². The molecule has 2 aromatic rings. The molecule has 0 atom stereocenters. The number of amides is 2. The fraction of sp³-hybridized carbons (Fsp3) is 0.444. The maximum Gasteiger partial charge on any atom is 0.272 e. The van der Waals surface area contributed by atoms with Crippen LogP contribution in [0.1, 0.15) is 21.0 Å². The third-order valence-electron chi connectivity index (χ3n) is 4.66. The van der Waals surface area contributed by atoms with E-state index >= 15 is 0 Å². The van der Waals surface area contributed by atoms with Crippen molar-refractivity contribution in [1.82, 2.24) is 19.4 Å². The van der Waals surface area contributed by atoms with Crippen LogP contribution >= 0.6 is 11.8 Å². The van der Waals surface area contributed by atoms with E-state index in [0.717, 1.165) is 32.8 Å². The summed E-state index contributed by atoms with van der Waals surface area (Å²) in [5.74, 6) is -0.464. The van der Waals surface area contributed by atoms with Gasteiger partial charge < -0.3 is 24.5 Å². The molecular formula is C18H25ClN6O3. The number of carbonyl (C=O) groups excluding carboxylic acids is 2. The summed E-state index contributed by atoms with van der Waals surface area (Å²) in [5, 5.41) is 5.73. The first kappa shape index (κ1) is 20.2. The quantitative estimate of drug-likeness (QED) is 0.599.